The van der Waals surface area contributed by atoms with Crippen LogP contribution in [0.15, 0.2) is 6.07 Å². The summed E-state index contributed by atoms with van der Waals surface area (Å²) in [4.78, 5) is 34.2. The van der Waals surface area contributed by atoms with Crippen LogP contribution in [0.1, 0.15) is 35.9 Å². The van der Waals surface area contributed by atoms with Gasteiger partial charge in [-0.25, -0.2) is 4.79 Å². The van der Waals surface area contributed by atoms with Gasteiger partial charge in [-0.15, -0.1) is 0 Å². The van der Waals surface area contributed by atoms with E-state index in [9.17, 15) is 14.4 Å². The van der Waals surface area contributed by atoms with E-state index in [2.05, 4.69) is 15.2 Å². The van der Waals surface area contributed by atoms with Crippen molar-refractivity contribution in [3.05, 3.63) is 17.5 Å². The van der Waals surface area contributed by atoms with Gasteiger partial charge in [-0.05, 0) is 18.9 Å². The molecule has 1 aromatic heterocycles. The number of nitrogens with one attached hydrogen (secondary N) is 1. The second-order valence-corrected chi connectivity index (χ2v) is 4.48. The lowest BCUT2D eigenvalue weighted by Gasteiger charge is -2.13. The predicted molar refractivity (Wildman–Crippen MR) is 72.7 cm³/mol. The number of hydrogen-bond acceptors (Lipinski definition) is 5. The molecule has 8 nitrogen and oxygen atoms in total. The third-order valence-corrected chi connectivity index (χ3v) is 2.99. The van der Waals surface area contributed by atoms with Crippen molar-refractivity contribution in [2.75, 3.05) is 7.11 Å². The van der Waals surface area contributed by atoms with E-state index in [1.165, 1.54) is 11.8 Å². The highest BCUT2D eigenvalue weighted by atomic mass is 16.5. The minimum atomic E-state index is -1.20. The van der Waals surface area contributed by atoms with Crippen LogP contribution < -0.4 is 5.32 Å². The summed E-state index contributed by atoms with van der Waals surface area (Å²) >= 11 is 0. The molecule has 0 radical (unpaired) electrons. The maximum absolute atomic E-state index is 12.1. The molecule has 0 spiro atoms. The highest BCUT2D eigenvalue weighted by molar-refractivity contribution is 5.95. The molecule has 1 aromatic rings. The molecule has 8 heteroatoms. The van der Waals surface area contributed by atoms with Crippen molar-refractivity contribution in [3.63, 3.8) is 0 Å². The minimum absolute atomic E-state index is 0.0355. The highest BCUT2D eigenvalue weighted by Gasteiger charge is 2.23. The molecule has 116 valence electrons. The van der Waals surface area contributed by atoms with E-state index in [1.54, 1.807) is 13.1 Å². The summed E-state index contributed by atoms with van der Waals surface area (Å²) in [7, 11) is 2.83. The molecule has 1 amide bonds. The summed E-state index contributed by atoms with van der Waals surface area (Å²) in [6.45, 7) is 1.90. The Kier molecular flexibility index (Phi) is 5.89. The molecule has 1 rings (SSSR count). The lowest BCUT2D eigenvalue weighted by molar-refractivity contribution is -0.142. The van der Waals surface area contributed by atoms with Crippen molar-refractivity contribution < 1.29 is 24.2 Å². The molecular formula is C13H19N3O5. The Morgan fingerprint density at radius 2 is 2.14 bits per heavy atom. The van der Waals surface area contributed by atoms with Gasteiger partial charge >= 0.3 is 11.9 Å². The van der Waals surface area contributed by atoms with Crippen LogP contribution in [0.2, 0.25) is 0 Å². The number of amides is 1. The zero-order valence-electron chi connectivity index (χ0n) is 12.3. The average molecular weight is 297 g/mol. The van der Waals surface area contributed by atoms with Gasteiger partial charge in [-0.2, -0.15) is 5.10 Å². The third-order valence-electron chi connectivity index (χ3n) is 2.99. The maximum atomic E-state index is 12.1. The monoisotopic (exact) mass is 297 g/mol. The van der Waals surface area contributed by atoms with Crippen LogP contribution in [0, 0.1) is 0 Å². The molecular weight excluding hydrogens is 278 g/mol. The molecule has 0 aliphatic carbocycles. The Bertz CT molecular complexity index is 538. The number of esters is 1. The van der Waals surface area contributed by atoms with Crippen molar-refractivity contribution >= 4 is 17.8 Å². The van der Waals surface area contributed by atoms with Crippen LogP contribution >= 0.6 is 0 Å². The van der Waals surface area contributed by atoms with E-state index in [1.807, 2.05) is 6.92 Å². The van der Waals surface area contributed by atoms with E-state index < -0.39 is 23.9 Å². The maximum Gasteiger partial charge on any atom is 0.326 e. The zero-order valence-corrected chi connectivity index (χ0v) is 12.3. The number of aryl methyl sites for hydroxylation is 2. The van der Waals surface area contributed by atoms with Gasteiger partial charge in [0, 0.05) is 13.5 Å². The Labute approximate surface area is 122 Å². The number of carbonyl (C=O) groups is 3. The fourth-order valence-corrected chi connectivity index (χ4v) is 1.77. The molecule has 0 saturated carbocycles. The number of aromatic nitrogens is 2. The first-order valence-corrected chi connectivity index (χ1v) is 6.52. The highest BCUT2D eigenvalue weighted by Crippen LogP contribution is 2.06. The lowest BCUT2D eigenvalue weighted by atomic mass is 10.1. The normalized spacial score (nSPS) is 11.8. The summed E-state index contributed by atoms with van der Waals surface area (Å²) in [6, 6.07) is 0.450. The molecule has 0 saturated heterocycles. The summed E-state index contributed by atoms with van der Waals surface area (Å²) in [5.74, 6) is -2.27. The summed E-state index contributed by atoms with van der Waals surface area (Å²) in [6.07, 6.45) is 0.553. The molecule has 0 aliphatic heterocycles. The van der Waals surface area contributed by atoms with E-state index in [4.69, 9.17) is 5.11 Å². The van der Waals surface area contributed by atoms with Gasteiger partial charge in [0.25, 0.3) is 5.91 Å². The second kappa shape index (κ2) is 7.41. The summed E-state index contributed by atoms with van der Waals surface area (Å²) < 4.78 is 5.84. The van der Waals surface area contributed by atoms with Crippen molar-refractivity contribution in [1.82, 2.24) is 15.1 Å². The van der Waals surface area contributed by atoms with Gasteiger partial charge in [0.1, 0.15) is 11.7 Å². The molecule has 2 N–H and O–H groups in total. The number of methoxy groups -OCH3 is 1. The standard InChI is InChI=1S/C13H19N3O5/c1-4-8-7-10(16(2)15-8)12(18)14-9(13(19)20)5-6-11(17)21-3/h7,9H,4-6H2,1-3H3,(H,14,18)(H,19,20)/t9-/m1/s1. The molecule has 0 bridgehead atoms. The summed E-state index contributed by atoms with van der Waals surface area (Å²) in [5, 5.41) is 15.6. The first kappa shape index (κ1) is 16.7. The van der Waals surface area contributed by atoms with Gasteiger partial charge in [0.2, 0.25) is 0 Å². The lowest BCUT2D eigenvalue weighted by Crippen LogP contribution is -2.41. The minimum Gasteiger partial charge on any atom is -0.480 e. The van der Waals surface area contributed by atoms with E-state index in [-0.39, 0.29) is 18.5 Å². The molecule has 0 unspecified atom stereocenters. The van der Waals surface area contributed by atoms with Crippen molar-refractivity contribution in [2.24, 2.45) is 7.05 Å². The number of carboxylic acid groups (broad SMARTS) is 1. The van der Waals surface area contributed by atoms with Crippen LogP contribution in [0.4, 0.5) is 0 Å². The first-order valence-electron chi connectivity index (χ1n) is 6.52. The number of carbonyl (C=O) groups excluding carboxylic acids is 2. The van der Waals surface area contributed by atoms with Crippen LogP contribution in [-0.4, -0.2) is 45.9 Å². The van der Waals surface area contributed by atoms with Crippen LogP contribution in [0.3, 0.4) is 0 Å². The number of rotatable bonds is 7. The first-order chi connectivity index (χ1) is 9.88. The van der Waals surface area contributed by atoms with E-state index >= 15 is 0 Å². The Balaban J connectivity index is 2.74. The largest absolute Gasteiger partial charge is 0.480 e. The van der Waals surface area contributed by atoms with Crippen molar-refractivity contribution in [3.8, 4) is 0 Å². The molecule has 21 heavy (non-hydrogen) atoms. The molecule has 0 aromatic carbocycles. The van der Waals surface area contributed by atoms with Crippen LogP contribution in [-0.2, 0) is 27.8 Å². The predicted octanol–water partition coefficient (Wildman–Crippen LogP) is 0.119. The topological polar surface area (TPSA) is 111 Å². The number of carboxylic acids is 1. The van der Waals surface area contributed by atoms with Gasteiger partial charge in [0.05, 0.1) is 12.8 Å². The Hall–Kier alpha value is -2.38. The van der Waals surface area contributed by atoms with Crippen molar-refractivity contribution in [2.45, 2.75) is 32.2 Å². The fourth-order valence-electron chi connectivity index (χ4n) is 1.77. The Morgan fingerprint density at radius 3 is 2.62 bits per heavy atom. The number of hydrogen-bond donors (Lipinski definition) is 2. The van der Waals surface area contributed by atoms with E-state index in [0.29, 0.717) is 6.42 Å². The van der Waals surface area contributed by atoms with E-state index in [0.717, 1.165) is 5.69 Å². The Morgan fingerprint density at radius 1 is 1.48 bits per heavy atom. The SMILES string of the molecule is CCc1cc(C(=O)N[C@H](CCC(=O)OC)C(=O)O)n(C)n1. The second-order valence-electron chi connectivity index (χ2n) is 4.48. The molecule has 0 fully saturated rings. The van der Waals surface area contributed by atoms with Gasteiger partial charge in [-0.3, -0.25) is 14.3 Å². The summed E-state index contributed by atoms with van der Waals surface area (Å²) in [5.41, 5.74) is 1.01. The molecule has 1 heterocycles. The van der Waals surface area contributed by atoms with Crippen LogP contribution in [0.5, 0.6) is 0 Å². The van der Waals surface area contributed by atoms with Crippen molar-refractivity contribution in [1.29, 1.82) is 0 Å². The number of nitrogens with zero attached hydrogens (tertiary/aromatic N) is 2. The molecule has 1 atom stereocenters. The smallest absolute Gasteiger partial charge is 0.326 e. The average Bonchev–Trinajstić information content (AvgIpc) is 2.83. The zero-order chi connectivity index (χ0) is 16.0. The third kappa shape index (κ3) is 4.59. The van der Waals surface area contributed by atoms with Gasteiger partial charge in [0.15, 0.2) is 0 Å². The fraction of sp³-hybridized carbons (Fsp3) is 0.538. The number of aliphatic carboxylic acids is 1. The quantitative estimate of drug-likeness (QED) is 0.692. The van der Waals surface area contributed by atoms with Gasteiger partial charge in [-0.1, -0.05) is 6.92 Å². The van der Waals surface area contributed by atoms with Gasteiger partial charge < -0.3 is 15.2 Å². The van der Waals surface area contributed by atoms with Crippen LogP contribution in [0.25, 0.3) is 0 Å². The number of ether oxygens (including phenoxy) is 1. The molecule has 0 aliphatic rings.